The van der Waals surface area contributed by atoms with Crippen molar-refractivity contribution in [3.8, 4) is 16.9 Å². The van der Waals surface area contributed by atoms with Crippen LogP contribution in [0.25, 0.3) is 22.0 Å². The minimum atomic E-state index is -0.347. The van der Waals surface area contributed by atoms with Crippen LogP contribution < -0.4 is 0 Å². The van der Waals surface area contributed by atoms with Gasteiger partial charge >= 0.3 is 5.97 Å². The predicted octanol–water partition coefficient (Wildman–Crippen LogP) is 7.82. The Morgan fingerprint density at radius 3 is 2.40 bits per heavy atom. The second kappa shape index (κ2) is 14.4. The van der Waals surface area contributed by atoms with Crippen molar-refractivity contribution < 1.29 is 14.6 Å². The number of carbonyl (C=O) groups excluding carboxylic acids is 1. The van der Waals surface area contributed by atoms with Crippen LogP contribution in [0.4, 0.5) is 0 Å². The molecule has 2 aromatic carbocycles. The Morgan fingerprint density at radius 2 is 1.77 bits per heavy atom. The molecule has 7 heteroatoms. The molecule has 1 N–H and O–H groups in total. The maximum absolute atomic E-state index is 13.6. The normalized spacial score (nSPS) is 11.4. The molecule has 0 aliphatic carbocycles. The molecule has 0 saturated carbocycles. The SMILES string of the molecule is CCCCN(CCCC)Cc1c(O)c(-c2cccnc2)cc2c1c(C(=O)OCC)c(CSc1ccccc1)n2C. The number of rotatable bonds is 14. The lowest BCUT2D eigenvalue weighted by molar-refractivity contribution is 0.0527. The van der Waals surface area contributed by atoms with Crippen molar-refractivity contribution in [3.63, 3.8) is 0 Å². The average Bonchev–Trinajstić information content (AvgIpc) is 3.26. The highest BCUT2D eigenvalue weighted by Crippen LogP contribution is 2.42. The highest BCUT2D eigenvalue weighted by atomic mass is 32.2. The van der Waals surface area contributed by atoms with Gasteiger partial charge in [-0.1, -0.05) is 51.0 Å². The zero-order chi connectivity index (χ0) is 28.5. The molecule has 0 atom stereocenters. The van der Waals surface area contributed by atoms with Gasteiger partial charge in [-0.05, 0) is 57.1 Å². The lowest BCUT2D eigenvalue weighted by Gasteiger charge is -2.24. The number of benzene rings is 2. The molecule has 4 rings (SSSR count). The number of fused-ring (bicyclic) bond motifs is 1. The summed E-state index contributed by atoms with van der Waals surface area (Å²) in [5.41, 5.74) is 4.69. The quantitative estimate of drug-likeness (QED) is 0.125. The Kier molecular flexibility index (Phi) is 10.7. The van der Waals surface area contributed by atoms with E-state index in [2.05, 4.69) is 40.4 Å². The predicted molar refractivity (Wildman–Crippen MR) is 165 cm³/mol. The Labute approximate surface area is 242 Å². The maximum atomic E-state index is 13.6. The number of unbranched alkanes of at least 4 members (excludes halogenated alkanes) is 2. The highest BCUT2D eigenvalue weighted by molar-refractivity contribution is 7.98. The Bertz CT molecular complexity index is 1400. The molecule has 0 unspecified atom stereocenters. The second-order valence-corrected chi connectivity index (χ2v) is 11.1. The van der Waals surface area contributed by atoms with Gasteiger partial charge in [0, 0.05) is 64.4 Å². The summed E-state index contributed by atoms with van der Waals surface area (Å²) in [6.45, 7) is 8.94. The van der Waals surface area contributed by atoms with Crippen molar-refractivity contribution in [2.75, 3.05) is 19.7 Å². The number of aromatic nitrogens is 2. The van der Waals surface area contributed by atoms with E-state index in [4.69, 9.17) is 4.74 Å². The van der Waals surface area contributed by atoms with Crippen LogP contribution in [0.2, 0.25) is 0 Å². The monoisotopic (exact) mass is 559 g/mol. The molecular formula is C33H41N3O3S. The summed E-state index contributed by atoms with van der Waals surface area (Å²) < 4.78 is 7.72. The zero-order valence-electron chi connectivity index (χ0n) is 24.2. The molecule has 0 amide bonds. The third kappa shape index (κ3) is 6.70. The molecule has 0 aliphatic heterocycles. The number of thioether (sulfide) groups is 1. The smallest absolute Gasteiger partial charge is 0.340 e. The van der Waals surface area contributed by atoms with Gasteiger partial charge in [0.05, 0.1) is 17.7 Å². The van der Waals surface area contributed by atoms with Gasteiger partial charge in [-0.2, -0.15) is 0 Å². The van der Waals surface area contributed by atoms with Crippen LogP contribution in [0.15, 0.2) is 65.8 Å². The molecule has 4 aromatic rings. The van der Waals surface area contributed by atoms with E-state index in [1.54, 1.807) is 24.2 Å². The largest absolute Gasteiger partial charge is 0.507 e. The maximum Gasteiger partial charge on any atom is 0.340 e. The van der Waals surface area contributed by atoms with Crippen molar-refractivity contribution in [1.82, 2.24) is 14.5 Å². The van der Waals surface area contributed by atoms with E-state index in [-0.39, 0.29) is 18.3 Å². The van der Waals surface area contributed by atoms with Crippen LogP contribution in [-0.2, 0) is 24.1 Å². The Balaban J connectivity index is 1.95. The summed E-state index contributed by atoms with van der Waals surface area (Å²) in [6, 6.07) is 16.0. The van der Waals surface area contributed by atoms with Crippen LogP contribution in [0.3, 0.4) is 0 Å². The van der Waals surface area contributed by atoms with E-state index in [1.165, 1.54) is 0 Å². The molecule has 0 fully saturated rings. The van der Waals surface area contributed by atoms with E-state index >= 15 is 0 Å². The number of hydrogen-bond donors (Lipinski definition) is 1. The third-order valence-corrected chi connectivity index (χ3v) is 8.32. The summed E-state index contributed by atoms with van der Waals surface area (Å²) >= 11 is 1.69. The van der Waals surface area contributed by atoms with E-state index in [0.717, 1.165) is 77.0 Å². The van der Waals surface area contributed by atoms with Crippen molar-refractivity contribution in [1.29, 1.82) is 0 Å². The first kappa shape index (κ1) is 29.7. The average molecular weight is 560 g/mol. The first-order valence-corrected chi connectivity index (χ1v) is 15.3. The zero-order valence-corrected chi connectivity index (χ0v) is 25.0. The molecule has 212 valence electrons. The van der Waals surface area contributed by atoms with Gasteiger partial charge in [0.15, 0.2) is 0 Å². The summed E-state index contributed by atoms with van der Waals surface area (Å²) in [5, 5.41) is 12.6. The number of hydrogen-bond acceptors (Lipinski definition) is 6. The molecule has 2 aromatic heterocycles. The Morgan fingerprint density at radius 1 is 1.05 bits per heavy atom. The molecule has 0 bridgehead atoms. The van der Waals surface area contributed by atoms with Crippen LogP contribution in [0.5, 0.6) is 5.75 Å². The summed E-state index contributed by atoms with van der Waals surface area (Å²) in [4.78, 5) is 21.5. The van der Waals surface area contributed by atoms with E-state index < -0.39 is 0 Å². The molecule has 40 heavy (non-hydrogen) atoms. The number of ether oxygens (including phenoxy) is 1. The van der Waals surface area contributed by atoms with E-state index in [9.17, 15) is 9.90 Å². The Hall–Kier alpha value is -3.29. The topological polar surface area (TPSA) is 67.6 Å². The molecule has 0 saturated heterocycles. The molecule has 0 spiro atoms. The first-order valence-electron chi connectivity index (χ1n) is 14.3. The van der Waals surface area contributed by atoms with Crippen molar-refractivity contribution >= 4 is 28.6 Å². The first-order chi connectivity index (χ1) is 19.5. The molecule has 2 heterocycles. The number of esters is 1. The molecule has 6 nitrogen and oxygen atoms in total. The van der Waals surface area contributed by atoms with Crippen LogP contribution in [0, 0.1) is 0 Å². The van der Waals surface area contributed by atoms with E-state index in [0.29, 0.717) is 17.9 Å². The van der Waals surface area contributed by atoms with Gasteiger partial charge < -0.3 is 14.4 Å². The van der Waals surface area contributed by atoms with Crippen molar-refractivity contribution in [2.45, 2.75) is 63.6 Å². The summed E-state index contributed by atoms with van der Waals surface area (Å²) in [6.07, 6.45) is 7.86. The minimum Gasteiger partial charge on any atom is -0.507 e. The molecule has 0 radical (unpaired) electrons. The number of aryl methyl sites for hydroxylation is 1. The molecular weight excluding hydrogens is 518 g/mol. The number of pyridine rings is 1. The fraction of sp³-hybridized carbons (Fsp3) is 0.394. The fourth-order valence-corrected chi connectivity index (χ4v) is 6.12. The van der Waals surface area contributed by atoms with E-state index in [1.807, 2.05) is 50.4 Å². The van der Waals surface area contributed by atoms with Crippen LogP contribution in [-0.4, -0.2) is 45.2 Å². The standard InChI is InChI=1S/C33H41N3O3S/c1-5-8-18-36(19-9-6-2)22-27-30-28(20-26(32(27)37)24-14-13-17-34-21-24)35(4)29(31(30)33(38)39-7-3)23-40-25-15-11-10-12-16-25/h10-17,20-21,37H,5-9,18-19,22-23H2,1-4H3. The highest BCUT2D eigenvalue weighted by Gasteiger charge is 2.28. The van der Waals surface area contributed by atoms with Gasteiger partial charge in [0.1, 0.15) is 5.75 Å². The lowest BCUT2D eigenvalue weighted by atomic mass is 9.96. The summed E-state index contributed by atoms with van der Waals surface area (Å²) in [7, 11) is 2.01. The van der Waals surface area contributed by atoms with Gasteiger partial charge in [0.2, 0.25) is 0 Å². The lowest BCUT2D eigenvalue weighted by Crippen LogP contribution is -2.26. The number of phenolic OH excluding ortho intramolecular Hbond substituents is 1. The number of carbonyl (C=O) groups is 1. The second-order valence-electron chi connectivity index (χ2n) is 10.1. The van der Waals surface area contributed by atoms with Crippen LogP contribution in [0.1, 0.15) is 68.1 Å². The molecule has 0 aliphatic rings. The van der Waals surface area contributed by atoms with Gasteiger partial charge in [-0.15, -0.1) is 11.8 Å². The van der Waals surface area contributed by atoms with Crippen LogP contribution >= 0.6 is 11.8 Å². The number of aromatic hydroxyl groups is 1. The van der Waals surface area contributed by atoms with Gasteiger partial charge in [-0.3, -0.25) is 9.88 Å². The van der Waals surface area contributed by atoms with Crippen molar-refractivity contribution in [3.05, 3.63) is 77.7 Å². The van der Waals surface area contributed by atoms with Gasteiger partial charge in [0.25, 0.3) is 0 Å². The van der Waals surface area contributed by atoms with Gasteiger partial charge in [-0.25, -0.2) is 4.79 Å². The number of nitrogens with zero attached hydrogens (tertiary/aromatic N) is 3. The summed E-state index contributed by atoms with van der Waals surface area (Å²) in [5.74, 6) is 0.457. The minimum absolute atomic E-state index is 0.205. The number of phenols is 1. The third-order valence-electron chi connectivity index (χ3n) is 7.29. The van der Waals surface area contributed by atoms with Crippen molar-refractivity contribution in [2.24, 2.45) is 7.05 Å². The fourth-order valence-electron chi connectivity index (χ4n) is 5.13.